The van der Waals surface area contributed by atoms with E-state index < -0.39 is 10.0 Å². The number of ether oxygens (including phenoxy) is 1. The maximum Gasteiger partial charge on any atom is 0.243 e. The number of nitrogens with zero attached hydrogens (tertiary/aromatic N) is 3. The van der Waals surface area contributed by atoms with Crippen molar-refractivity contribution in [1.29, 1.82) is 0 Å². The van der Waals surface area contributed by atoms with E-state index in [0.29, 0.717) is 42.4 Å². The summed E-state index contributed by atoms with van der Waals surface area (Å²) < 4.78 is 33.5. The van der Waals surface area contributed by atoms with Crippen molar-refractivity contribution in [3.63, 3.8) is 0 Å². The summed E-state index contributed by atoms with van der Waals surface area (Å²) in [5.41, 5.74) is 1.51. The molecule has 0 unspecified atom stereocenters. The van der Waals surface area contributed by atoms with Crippen LogP contribution >= 0.6 is 0 Å². The molecule has 0 spiro atoms. The number of hydrogen-bond acceptors (Lipinski definition) is 5. The zero-order chi connectivity index (χ0) is 21.1. The van der Waals surface area contributed by atoms with Gasteiger partial charge in [-0.25, -0.2) is 8.42 Å². The van der Waals surface area contributed by atoms with Gasteiger partial charge < -0.3 is 9.64 Å². The molecular formula is C22H33N3O4S. The molecule has 0 aliphatic carbocycles. The summed E-state index contributed by atoms with van der Waals surface area (Å²) in [6.45, 7) is 8.44. The first kappa shape index (κ1) is 21.7. The Balaban J connectivity index is 1.35. The van der Waals surface area contributed by atoms with Crippen LogP contribution in [0, 0.1) is 12.8 Å². The number of hydrogen-bond donors (Lipinski definition) is 0. The molecule has 0 bridgehead atoms. The minimum Gasteiger partial charge on any atom is -0.379 e. The van der Waals surface area contributed by atoms with Crippen molar-refractivity contribution in [1.82, 2.24) is 9.21 Å². The highest BCUT2D eigenvalue weighted by molar-refractivity contribution is 7.89. The van der Waals surface area contributed by atoms with Crippen LogP contribution in [0.5, 0.6) is 0 Å². The van der Waals surface area contributed by atoms with Gasteiger partial charge in [-0.1, -0.05) is 0 Å². The lowest BCUT2D eigenvalue weighted by Crippen LogP contribution is -2.41. The third-order valence-electron chi connectivity index (χ3n) is 6.69. The van der Waals surface area contributed by atoms with Crippen LogP contribution in [0.2, 0.25) is 0 Å². The standard InChI is InChI=1S/C22H33N3O4S/c1-18-17-20(25-9-2-3-22(25)26)4-5-21(18)30(27,28)24-11-7-19(8-12-24)6-10-23-13-15-29-16-14-23/h4-5,17,19H,2-3,6-16H2,1H3. The van der Waals surface area contributed by atoms with Crippen LogP contribution in [0.15, 0.2) is 23.1 Å². The van der Waals surface area contributed by atoms with E-state index >= 15 is 0 Å². The number of sulfonamides is 1. The van der Waals surface area contributed by atoms with Gasteiger partial charge in [0.25, 0.3) is 0 Å². The minimum absolute atomic E-state index is 0.115. The van der Waals surface area contributed by atoms with Gasteiger partial charge in [-0.05, 0) is 68.8 Å². The highest BCUT2D eigenvalue weighted by Gasteiger charge is 2.31. The first-order chi connectivity index (χ1) is 14.4. The fraction of sp³-hybridized carbons (Fsp3) is 0.682. The molecule has 30 heavy (non-hydrogen) atoms. The van der Waals surface area contributed by atoms with Gasteiger partial charge in [0.05, 0.1) is 18.1 Å². The Hall–Kier alpha value is -1.48. The normalized spacial score (nSPS) is 22.7. The Labute approximate surface area is 180 Å². The van der Waals surface area contributed by atoms with E-state index in [1.54, 1.807) is 21.3 Å². The smallest absolute Gasteiger partial charge is 0.243 e. The molecule has 3 heterocycles. The van der Waals surface area contributed by atoms with Crippen LogP contribution < -0.4 is 4.90 Å². The largest absolute Gasteiger partial charge is 0.379 e. The van der Waals surface area contributed by atoms with E-state index in [2.05, 4.69) is 4.90 Å². The summed E-state index contributed by atoms with van der Waals surface area (Å²) in [6, 6.07) is 5.29. The number of piperidine rings is 1. The van der Waals surface area contributed by atoms with Crippen LogP contribution in [0.4, 0.5) is 5.69 Å². The van der Waals surface area contributed by atoms with Gasteiger partial charge in [-0.2, -0.15) is 4.31 Å². The molecule has 7 nitrogen and oxygen atoms in total. The number of carbonyl (C=O) groups excluding carboxylic acids is 1. The van der Waals surface area contributed by atoms with Crippen LogP contribution in [0.3, 0.4) is 0 Å². The number of amides is 1. The van der Waals surface area contributed by atoms with Crippen molar-refractivity contribution in [2.45, 2.75) is 43.9 Å². The molecule has 3 aliphatic rings. The van der Waals surface area contributed by atoms with Crippen molar-refractivity contribution in [3.8, 4) is 0 Å². The molecule has 0 saturated carbocycles. The molecule has 1 aromatic carbocycles. The van der Waals surface area contributed by atoms with Crippen molar-refractivity contribution in [3.05, 3.63) is 23.8 Å². The fourth-order valence-corrected chi connectivity index (χ4v) is 6.45. The molecule has 0 aromatic heterocycles. The van der Waals surface area contributed by atoms with Crippen molar-refractivity contribution in [2.24, 2.45) is 5.92 Å². The van der Waals surface area contributed by atoms with Crippen molar-refractivity contribution in [2.75, 3.05) is 57.4 Å². The SMILES string of the molecule is Cc1cc(N2CCCC2=O)ccc1S(=O)(=O)N1CCC(CCN2CCOCC2)CC1. The molecule has 4 rings (SSSR count). The summed E-state index contributed by atoms with van der Waals surface area (Å²) in [7, 11) is -3.50. The monoisotopic (exact) mass is 435 g/mol. The van der Waals surface area contributed by atoms with Gasteiger partial charge >= 0.3 is 0 Å². The van der Waals surface area contributed by atoms with Crippen LogP contribution in [0.25, 0.3) is 0 Å². The molecular weight excluding hydrogens is 402 g/mol. The predicted octanol–water partition coefficient (Wildman–Crippen LogP) is 2.24. The number of carbonyl (C=O) groups is 1. The number of morpholine rings is 1. The Morgan fingerprint density at radius 2 is 1.80 bits per heavy atom. The Kier molecular flexibility index (Phi) is 6.77. The molecule has 3 fully saturated rings. The first-order valence-electron chi connectivity index (χ1n) is 11.2. The molecule has 8 heteroatoms. The van der Waals surface area contributed by atoms with E-state index in [4.69, 9.17) is 4.74 Å². The van der Waals surface area contributed by atoms with Crippen LogP contribution in [0.1, 0.15) is 37.7 Å². The van der Waals surface area contributed by atoms with Gasteiger partial charge in [-0.3, -0.25) is 9.69 Å². The first-order valence-corrected chi connectivity index (χ1v) is 12.6. The lowest BCUT2D eigenvalue weighted by atomic mass is 9.94. The molecule has 0 atom stereocenters. The number of aryl methyl sites for hydroxylation is 1. The summed E-state index contributed by atoms with van der Waals surface area (Å²) in [5, 5.41) is 0. The quantitative estimate of drug-likeness (QED) is 0.685. The number of benzene rings is 1. The Morgan fingerprint density at radius 3 is 2.43 bits per heavy atom. The summed E-state index contributed by atoms with van der Waals surface area (Å²) in [5.74, 6) is 0.702. The molecule has 166 valence electrons. The van der Waals surface area contributed by atoms with Gasteiger partial charge in [-0.15, -0.1) is 0 Å². The maximum absolute atomic E-state index is 13.2. The topological polar surface area (TPSA) is 70.2 Å². The number of anilines is 1. The lowest BCUT2D eigenvalue weighted by molar-refractivity contribution is -0.117. The van der Waals surface area contributed by atoms with Crippen molar-refractivity contribution < 1.29 is 17.9 Å². The van der Waals surface area contributed by atoms with E-state index in [9.17, 15) is 13.2 Å². The molecule has 1 aromatic rings. The van der Waals surface area contributed by atoms with E-state index in [0.717, 1.165) is 64.2 Å². The zero-order valence-corrected chi connectivity index (χ0v) is 18.7. The van der Waals surface area contributed by atoms with E-state index in [1.165, 1.54) is 0 Å². The third-order valence-corrected chi connectivity index (χ3v) is 8.75. The fourth-order valence-electron chi connectivity index (χ4n) is 4.78. The highest BCUT2D eigenvalue weighted by atomic mass is 32.2. The average molecular weight is 436 g/mol. The highest BCUT2D eigenvalue weighted by Crippen LogP contribution is 2.30. The Morgan fingerprint density at radius 1 is 1.07 bits per heavy atom. The van der Waals surface area contributed by atoms with Gasteiger partial charge in [0.1, 0.15) is 0 Å². The number of rotatable bonds is 6. The second kappa shape index (κ2) is 9.34. The van der Waals surface area contributed by atoms with Crippen LogP contribution in [-0.2, 0) is 19.6 Å². The zero-order valence-electron chi connectivity index (χ0n) is 17.9. The van der Waals surface area contributed by atoms with Gasteiger partial charge in [0.15, 0.2) is 0 Å². The summed E-state index contributed by atoms with van der Waals surface area (Å²) in [4.78, 5) is 16.6. The van der Waals surface area contributed by atoms with Gasteiger partial charge in [0, 0.05) is 44.8 Å². The summed E-state index contributed by atoms with van der Waals surface area (Å²) >= 11 is 0. The van der Waals surface area contributed by atoms with E-state index in [-0.39, 0.29) is 5.91 Å². The predicted molar refractivity (Wildman–Crippen MR) is 116 cm³/mol. The molecule has 3 aliphatic heterocycles. The van der Waals surface area contributed by atoms with Gasteiger partial charge in [0.2, 0.25) is 15.9 Å². The Bertz CT molecular complexity index is 859. The molecule has 0 radical (unpaired) electrons. The van der Waals surface area contributed by atoms with E-state index in [1.807, 2.05) is 13.0 Å². The minimum atomic E-state index is -3.50. The maximum atomic E-state index is 13.2. The molecule has 3 saturated heterocycles. The van der Waals surface area contributed by atoms with Crippen LogP contribution in [-0.4, -0.2) is 76.0 Å². The second-order valence-corrected chi connectivity index (χ2v) is 10.6. The second-order valence-electron chi connectivity index (χ2n) is 8.69. The summed E-state index contributed by atoms with van der Waals surface area (Å²) in [6.07, 6.45) is 4.40. The third kappa shape index (κ3) is 4.72. The molecule has 1 amide bonds. The lowest BCUT2D eigenvalue weighted by Gasteiger charge is -2.33. The molecule has 0 N–H and O–H groups in total. The average Bonchev–Trinajstić information content (AvgIpc) is 3.19. The van der Waals surface area contributed by atoms with Crippen molar-refractivity contribution >= 4 is 21.6 Å².